The molecule has 0 aliphatic heterocycles. The van der Waals surface area contributed by atoms with Crippen molar-refractivity contribution in [2.24, 2.45) is 0 Å². The fourth-order valence-electron chi connectivity index (χ4n) is 5.01. The summed E-state index contributed by atoms with van der Waals surface area (Å²) < 4.78 is 49.3. The van der Waals surface area contributed by atoms with Gasteiger partial charge in [-0.05, 0) is 38.5 Å². The van der Waals surface area contributed by atoms with Gasteiger partial charge in [-0.1, -0.05) is 154 Å². The summed E-state index contributed by atoms with van der Waals surface area (Å²) in [5.74, 6) is -1.99. The molecule has 1 unspecified atom stereocenters. The van der Waals surface area contributed by atoms with Gasteiger partial charge in [0.15, 0.2) is 6.08 Å². The zero-order chi connectivity index (χ0) is 35.3. The van der Waals surface area contributed by atoms with Gasteiger partial charge in [-0.15, -0.1) is 0 Å². The summed E-state index contributed by atoms with van der Waals surface area (Å²) in [5, 5.41) is 9.97. The van der Waals surface area contributed by atoms with E-state index in [4.69, 9.17) is 16.3 Å². The third-order valence-electron chi connectivity index (χ3n) is 7.70. The van der Waals surface area contributed by atoms with Crippen molar-refractivity contribution in [1.29, 1.82) is 0 Å². The molecule has 0 amide bonds. The van der Waals surface area contributed by atoms with E-state index in [1.165, 1.54) is 89.9 Å². The second-order valence-electron chi connectivity index (χ2n) is 11.8. The van der Waals surface area contributed by atoms with Gasteiger partial charge in [0, 0.05) is 12.8 Å². The Morgan fingerprint density at radius 2 is 0.952 bits per heavy atom. The Bertz CT molecular complexity index is 802. The monoisotopic (exact) mass is 600 g/mol. The zero-order valence-corrected chi connectivity index (χ0v) is 27.5. The first kappa shape index (κ1) is 32.0. The normalized spacial score (nSPS) is 15.4. The van der Waals surface area contributed by atoms with Crippen molar-refractivity contribution in [1.82, 2.24) is 0 Å². The number of rotatable bonds is 33. The molecule has 0 heterocycles. The van der Waals surface area contributed by atoms with E-state index in [1.54, 1.807) is 0 Å². The van der Waals surface area contributed by atoms with Gasteiger partial charge in [-0.3, -0.25) is 9.59 Å². The van der Waals surface area contributed by atoms with E-state index in [0.29, 0.717) is 12.8 Å². The number of hydrogen-bond donors (Lipinski definition) is 1. The van der Waals surface area contributed by atoms with E-state index in [9.17, 15) is 14.7 Å². The predicted molar refractivity (Wildman–Crippen MR) is 178 cm³/mol. The van der Waals surface area contributed by atoms with Crippen molar-refractivity contribution in [3.63, 3.8) is 0 Å². The third-order valence-corrected chi connectivity index (χ3v) is 7.70. The number of esters is 2. The molecule has 0 rings (SSSR count). The molecule has 42 heavy (non-hydrogen) atoms. The lowest BCUT2D eigenvalue weighted by molar-refractivity contribution is -0.161. The maximum atomic E-state index is 12.4. The van der Waals surface area contributed by atoms with Crippen LogP contribution in [0.5, 0.6) is 0 Å². The number of ether oxygens (including phenoxy) is 2. The molecule has 0 bridgehead atoms. The van der Waals surface area contributed by atoms with Gasteiger partial charge in [0.2, 0.25) is 0 Å². The first-order chi connectivity index (χ1) is 22.4. The Labute approximate surface area is 268 Å². The predicted octanol–water partition coefficient (Wildman–Crippen LogP) is 11.0. The second kappa shape index (κ2) is 34.1. The molecule has 1 N–H and O–H groups in total. The first-order valence-corrected chi connectivity index (χ1v) is 17.7. The fraction of sp³-hybridized carbons (Fsp3) is 0.892. The Morgan fingerprint density at radius 1 is 0.595 bits per heavy atom. The number of carbonyl (C=O) groups is 2. The molecular weight excluding hydrogens is 524 g/mol. The second-order valence-corrected chi connectivity index (χ2v) is 11.8. The Hall–Kier alpha value is -1.36. The van der Waals surface area contributed by atoms with E-state index < -0.39 is 31.1 Å². The number of hydrogen-bond acceptors (Lipinski definition) is 5. The van der Waals surface area contributed by atoms with Crippen molar-refractivity contribution in [3.05, 3.63) is 12.2 Å². The summed E-state index contributed by atoms with van der Waals surface area (Å²) in [6.45, 7) is -2.55. The van der Waals surface area contributed by atoms with E-state index >= 15 is 0 Å². The van der Waals surface area contributed by atoms with Gasteiger partial charge in [-0.25, -0.2) is 0 Å². The maximum Gasteiger partial charge on any atom is 0.306 e. The highest BCUT2D eigenvalue weighted by Gasteiger charge is 2.16. The largest absolute Gasteiger partial charge is 0.462 e. The molecule has 0 aromatic rings. The van der Waals surface area contributed by atoms with E-state index in [-0.39, 0.29) is 12.8 Å². The summed E-state index contributed by atoms with van der Waals surface area (Å²) in [7, 11) is 0. The van der Waals surface area contributed by atoms with E-state index in [2.05, 4.69) is 26.0 Å². The lowest BCUT2D eigenvalue weighted by atomic mass is 10.0. The quantitative estimate of drug-likeness (QED) is 0.0461. The highest BCUT2D eigenvalue weighted by Crippen LogP contribution is 2.14. The molecule has 0 aliphatic rings. The topological polar surface area (TPSA) is 72.8 Å². The number of allylic oxidation sites excluding steroid dienone is 2. The van der Waals surface area contributed by atoms with Crippen LogP contribution in [-0.2, 0) is 19.1 Å². The molecule has 5 nitrogen and oxygen atoms in total. The summed E-state index contributed by atoms with van der Waals surface area (Å²) in [5.41, 5.74) is 0. The summed E-state index contributed by atoms with van der Waals surface area (Å²) in [4.78, 5) is 24.8. The van der Waals surface area contributed by atoms with Crippen LogP contribution in [0.25, 0.3) is 0 Å². The Balaban J connectivity index is 4.24. The van der Waals surface area contributed by atoms with E-state index in [0.717, 1.165) is 64.2 Å². The molecule has 0 radical (unpaired) electrons. The van der Waals surface area contributed by atoms with Gasteiger partial charge in [0.25, 0.3) is 0 Å². The SMILES string of the molecule is [2H]C([2H])(O)C([2H])(OC(=O)CCCCCCC/C=C\CCCCCCCC)C([2H])([2H])OC(=O)CCCCCCCCCCCCCCC. The summed E-state index contributed by atoms with van der Waals surface area (Å²) in [6.07, 6.45) is 29.6. The van der Waals surface area contributed by atoms with Crippen LogP contribution in [0.2, 0.25) is 0 Å². The smallest absolute Gasteiger partial charge is 0.306 e. The van der Waals surface area contributed by atoms with Crippen molar-refractivity contribution in [2.75, 3.05) is 13.1 Å². The minimum absolute atomic E-state index is 0.107. The molecule has 1 atom stereocenters. The van der Waals surface area contributed by atoms with Crippen molar-refractivity contribution < 1.29 is 31.0 Å². The van der Waals surface area contributed by atoms with Gasteiger partial charge in [0.05, 0.1) is 13.4 Å². The number of unbranched alkanes of at least 4 members (excludes halogenated alkanes) is 23. The first-order valence-electron chi connectivity index (χ1n) is 20.2. The van der Waals surface area contributed by atoms with Gasteiger partial charge in [-0.2, -0.15) is 0 Å². The summed E-state index contributed by atoms with van der Waals surface area (Å²) >= 11 is 0. The standard InChI is InChI=1S/C37H70O5/c1-3-5-7-9-11-13-15-17-18-20-22-24-26-28-30-32-37(40)42-35(33-38)34-41-36(39)31-29-27-25-23-21-19-16-14-12-10-8-6-4-2/h17-18,35,38H,3-16,19-34H2,1-2H3/b18-17-/i33D2,34D2,35D. The van der Waals surface area contributed by atoms with Crippen LogP contribution in [0.15, 0.2) is 12.2 Å². The summed E-state index contributed by atoms with van der Waals surface area (Å²) in [6, 6.07) is 0. The number of carbonyl (C=O) groups excluding carboxylic acids is 2. The lowest BCUT2D eigenvalue weighted by Gasteiger charge is -2.15. The van der Waals surface area contributed by atoms with Crippen LogP contribution in [-0.4, -0.2) is 36.2 Å². The molecule has 248 valence electrons. The van der Waals surface area contributed by atoms with Crippen molar-refractivity contribution in [2.45, 2.75) is 200 Å². The minimum atomic E-state index is -3.61. The lowest BCUT2D eigenvalue weighted by Crippen LogP contribution is -2.28. The molecule has 0 saturated carbocycles. The molecule has 0 saturated heterocycles. The zero-order valence-electron chi connectivity index (χ0n) is 32.5. The van der Waals surface area contributed by atoms with Crippen molar-refractivity contribution in [3.8, 4) is 0 Å². The van der Waals surface area contributed by atoms with Crippen LogP contribution in [0.3, 0.4) is 0 Å². The highest BCUT2D eigenvalue weighted by atomic mass is 16.6. The van der Waals surface area contributed by atoms with Gasteiger partial charge >= 0.3 is 11.9 Å². The molecule has 0 aromatic carbocycles. The molecule has 0 spiro atoms. The number of aliphatic hydroxyl groups is 1. The van der Waals surface area contributed by atoms with Crippen LogP contribution in [0, 0.1) is 0 Å². The molecule has 0 fully saturated rings. The van der Waals surface area contributed by atoms with Crippen LogP contribution in [0.4, 0.5) is 0 Å². The molecular formula is C37H70O5. The van der Waals surface area contributed by atoms with Gasteiger partial charge in [0.1, 0.15) is 6.56 Å². The molecule has 0 aliphatic carbocycles. The minimum Gasteiger partial charge on any atom is -0.462 e. The molecule has 5 heteroatoms. The molecule has 0 aromatic heterocycles. The average molecular weight is 600 g/mol. The Kier molecular flexibility index (Phi) is 26.0. The Morgan fingerprint density at radius 3 is 1.36 bits per heavy atom. The van der Waals surface area contributed by atoms with E-state index in [1.807, 2.05) is 0 Å². The van der Waals surface area contributed by atoms with Crippen LogP contribution >= 0.6 is 0 Å². The maximum absolute atomic E-state index is 12.4. The average Bonchev–Trinajstić information content (AvgIpc) is 3.00. The highest BCUT2D eigenvalue weighted by molar-refractivity contribution is 5.70. The third kappa shape index (κ3) is 31.6. The van der Waals surface area contributed by atoms with Crippen molar-refractivity contribution >= 4 is 11.9 Å². The van der Waals surface area contributed by atoms with Crippen LogP contribution in [0.1, 0.15) is 200 Å². The fourth-order valence-corrected chi connectivity index (χ4v) is 5.01. The van der Waals surface area contributed by atoms with Crippen LogP contribution < -0.4 is 0 Å². The van der Waals surface area contributed by atoms with Gasteiger partial charge < -0.3 is 14.6 Å².